The van der Waals surface area contributed by atoms with Gasteiger partial charge in [0.05, 0.1) is 10.9 Å². The van der Waals surface area contributed by atoms with Crippen molar-refractivity contribution in [3.63, 3.8) is 0 Å². The first-order valence-electron chi connectivity index (χ1n) is 8.06. The van der Waals surface area contributed by atoms with Crippen LogP contribution in [0.4, 0.5) is 0 Å². The molecule has 0 unspecified atom stereocenters. The van der Waals surface area contributed by atoms with Crippen molar-refractivity contribution in [3.05, 3.63) is 83.0 Å². The molecule has 0 saturated heterocycles. The molecular formula is C19H19N5O. The van der Waals surface area contributed by atoms with E-state index in [9.17, 15) is 4.79 Å². The van der Waals surface area contributed by atoms with Gasteiger partial charge in [-0.1, -0.05) is 43.0 Å². The summed E-state index contributed by atoms with van der Waals surface area (Å²) in [7, 11) is 0. The lowest BCUT2D eigenvalue weighted by Crippen LogP contribution is -2.12. The van der Waals surface area contributed by atoms with Crippen LogP contribution in [0.2, 0.25) is 0 Å². The fourth-order valence-corrected chi connectivity index (χ4v) is 2.54. The van der Waals surface area contributed by atoms with Crippen molar-refractivity contribution in [2.75, 3.05) is 0 Å². The highest BCUT2D eigenvalue weighted by Gasteiger charge is 2.08. The second-order valence-corrected chi connectivity index (χ2v) is 5.49. The Balaban J connectivity index is 1.77. The second-order valence-electron chi connectivity index (χ2n) is 5.49. The van der Waals surface area contributed by atoms with Gasteiger partial charge in [-0.3, -0.25) is 9.89 Å². The van der Waals surface area contributed by atoms with E-state index in [0.717, 1.165) is 11.4 Å². The van der Waals surface area contributed by atoms with Crippen LogP contribution < -0.4 is 5.56 Å². The Hall–Kier alpha value is -3.28. The zero-order valence-corrected chi connectivity index (χ0v) is 14.0. The molecule has 0 radical (unpaired) electrons. The van der Waals surface area contributed by atoms with Crippen molar-refractivity contribution in [1.82, 2.24) is 25.1 Å². The number of benzene rings is 1. The number of H-pyrrole nitrogens is 2. The van der Waals surface area contributed by atoms with Crippen LogP contribution in [0.3, 0.4) is 0 Å². The molecule has 3 rings (SSSR count). The van der Waals surface area contributed by atoms with Crippen molar-refractivity contribution in [3.8, 4) is 0 Å². The lowest BCUT2D eigenvalue weighted by atomic mass is 10.2. The molecule has 0 amide bonds. The molecule has 0 aliphatic heterocycles. The van der Waals surface area contributed by atoms with Gasteiger partial charge in [0.2, 0.25) is 0 Å². The molecular weight excluding hydrogens is 314 g/mol. The number of hydrogen-bond acceptors (Lipinski definition) is 4. The number of rotatable bonds is 6. The lowest BCUT2D eigenvalue weighted by Gasteiger charge is -2.01. The number of para-hydroxylation sites is 1. The molecule has 0 aliphatic carbocycles. The normalized spacial score (nSPS) is 12.1. The molecule has 6 nitrogen and oxygen atoms in total. The van der Waals surface area contributed by atoms with Gasteiger partial charge in [0, 0.05) is 18.4 Å². The smallest absolute Gasteiger partial charge is 0.258 e. The van der Waals surface area contributed by atoms with Gasteiger partial charge in [-0.15, -0.1) is 0 Å². The van der Waals surface area contributed by atoms with Gasteiger partial charge in [0.1, 0.15) is 11.6 Å². The van der Waals surface area contributed by atoms with Crippen LogP contribution in [0, 0.1) is 0 Å². The van der Waals surface area contributed by atoms with Crippen LogP contribution in [0.15, 0.2) is 59.9 Å². The van der Waals surface area contributed by atoms with Gasteiger partial charge >= 0.3 is 0 Å². The highest BCUT2D eigenvalue weighted by atomic mass is 16.1. The summed E-state index contributed by atoms with van der Waals surface area (Å²) in [5.41, 5.74) is 1.46. The minimum absolute atomic E-state index is 0.122. The van der Waals surface area contributed by atoms with Crippen molar-refractivity contribution < 1.29 is 0 Å². The summed E-state index contributed by atoms with van der Waals surface area (Å²) >= 11 is 0. The third kappa shape index (κ3) is 3.80. The Bertz CT molecular complexity index is 1010. The molecule has 0 spiro atoms. The summed E-state index contributed by atoms with van der Waals surface area (Å²) in [6.45, 7) is 5.64. The van der Waals surface area contributed by atoms with E-state index in [-0.39, 0.29) is 5.56 Å². The first-order valence-corrected chi connectivity index (χ1v) is 8.06. The van der Waals surface area contributed by atoms with Crippen LogP contribution in [0.1, 0.15) is 24.4 Å². The van der Waals surface area contributed by atoms with Crippen LogP contribution in [0.5, 0.6) is 0 Å². The molecule has 2 aromatic heterocycles. The molecule has 2 heterocycles. The maximum absolute atomic E-state index is 12.1. The second kappa shape index (κ2) is 7.53. The average molecular weight is 333 g/mol. The van der Waals surface area contributed by atoms with Crippen LogP contribution >= 0.6 is 0 Å². The number of aromatic amines is 2. The van der Waals surface area contributed by atoms with E-state index < -0.39 is 0 Å². The van der Waals surface area contributed by atoms with Crippen molar-refractivity contribution >= 4 is 16.5 Å². The van der Waals surface area contributed by atoms with Gasteiger partial charge in [-0.25, -0.2) is 9.97 Å². The molecule has 0 aliphatic rings. The first kappa shape index (κ1) is 16.6. The number of nitrogens with one attached hydrogen (secondary N) is 2. The summed E-state index contributed by atoms with van der Waals surface area (Å²) in [4.78, 5) is 23.9. The number of nitrogens with zero attached hydrogens (tertiary/aromatic N) is 3. The number of fused-ring (bicyclic) bond motifs is 1. The van der Waals surface area contributed by atoms with Crippen molar-refractivity contribution in [2.45, 2.75) is 19.8 Å². The summed E-state index contributed by atoms with van der Waals surface area (Å²) < 4.78 is 0. The third-order valence-corrected chi connectivity index (χ3v) is 3.69. The predicted octanol–water partition coefficient (Wildman–Crippen LogP) is 2.97. The zero-order valence-electron chi connectivity index (χ0n) is 14.0. The van der Waals surface area contributed by atoms with E-state index in [4.69, 9.17) is 0 Å². The first-order chi connectivity index (χ1) is 12.2. The molecule has 1 aromatic carbocycles. The minimum atomic E-state index is -0.122. The molecule has 0 atom stereocenters. The third-order valence-electron chi connectivity index (χ3n) is 3.69. The van der Waals surface area contributed by atoms with E-state index in [1.165, 1.54) is 0 Å². The number of allylic oxidation sites excluding steroid dienone is 5. The van der Waals surface area contributed by atoms with Gasteiger partial charge < -0.3 is 4.98 Å². The Kier molecular flexibility index (Phi) is 4.99. The molecule has 0 fully saturated rings. The maximum Gasteiger partial charge on any atom is 0.258 e. The monoisotopic (exact) mass is 333 g/mol. The number of hydrogen-bond donors (Lipinski definition) is 2. The minimum Gasteiger partial charge on any atom is -0.310 e. The van der Waals surface area contributed by atoms with E-state index in [1.807, 2.05) is 43.4 Å². The number of aryl methyl sites for hydroxylation is 2. The fourth-order valence-electron chi connectivity index (χ4n) is 2.54. The maximum atomic E-state index is 12.1. The van der Waals surface area contributed by atoms with E-state index in [2.05, 4.69) is 31.7 Å². The van der Waals surface area contributed by atoms with Gasteiger partial charge in [-0.05, 0) is 19.1 Å². The van der Waals surface area contributed by atoms with Crippen molar-refractivity contribution in [2.24, 2.45) is 0 Å². The Morgan fingerprint density at radius 3 is 2.80 bits per heavy atom. The van der Waals surface area contributed by atoms with E-state index >= 15 is 0 Å². The molecule has 6 heteroatoms. The van der Waals surface area contributed by atoms with Crippen LogP contribution in [-0.2, 0) is 12.8 Å². The van der Waals surface area contributed by atoms with Gasteiger partial charge in [0.25, 0.3) is 5.56 Å². The molecule has 0 saturated carbocycles. The standard InChI is InChI=1S/C19H19N5O/c1-3-7-13(8-4-2)18-21-17(23-24-18)12-11-16-20-15-10-6-5-9-14(15)19(25)22-16/h3-10H,1,11-12H2,2H3,(H,20,22,25)(H,21,23,24)/b8-4-,13-7+. The average Bonchev–Trinajstić information content (AvgIpc) is 3.09. The summed E-state index contributed by atoms with van der Waals surface area (Å²) in [5, 5.41) is 7.77. The summed E-state index contributed by atoms with van der Waals surface area (Å²) in [6, 6.07) is 7.30. The quantitative estimate of drug-likeness (QED) is 0.679. The zero-order chi connectivity index (χ0) is 17.6. The molecule has 2 N–H and O–H groups in total. The fraction of sp³-hybridized carbons (Fsp3) is 0.158. The Morgan fingerprint density at radius 2 is 2.00 bits per heavy atom. The van der Waals surface area contributed by atoms with Gasteiger partial charge in [0.15, 0.2) is 5.82 Å². The van der Waals surface area contributed by atoms with E-state index in [0.29, 0.717) is 35.4 Å². The SMILES string of the molecule is C=C/C=C(\C=C/C)c1n[nH]c(CCc2nc3ccccc3c(=O)[nH]2)n1. The largest absolute Gasteiger partial charge is 0.310 e. The molecule has 25 heavy (non-hydrogen) atoms. The summed E-state index contributed by atoms with van der Waals surface area (Å²) in [5.74, 6) is 2.00. The highest BCUT2D eigenvalue weighted by Crippen LogP contribution is 2.12. The molecule has 3 aromatic rings. The number of aromatic nitrogens is 5. The highest BCUT2D eigenvalue weighted by molar-refractivity contribution is 5.77. The molecule has 0 bridgehead atoms. The summed E-state index contributed by atoms with van der Waals surface area (Å²) in [6.07, 6.45) is 8.58. The Morgan fingerprint density at radius 1 is 1.20 bits per heavy atom. The predicted molar refractivity (Wildman–Crippen MR) is 99.1 cm³/mol. The Labute approximate surface area is 145 Å². The van der Waals surface area contributed by atoms with E-state index in [1.54, 1.807) is 12.1 Å². The van der Waals surface area contributed by atoms with Crippen LogP contribution in [0.25, 0.3) is 16.5 Å². The molecule has 126 valence electrons. The lowest BCUT2D eigenvalue weighted by molar-refractivity contribution is 0.811. The van der Waals surface area contributed by atoms with Crippen LogP contribution in [-0.4, -0.2) is 25.1 Å². The topological polar surface area (TPSA) is 87.3 Å². The van der Waals surface area contributed by atoms with Crippen molar-refractivity contribution in [1.29, 1.82) is 0 Å². The van der Waals surface area contributed by atoms with Gasteiger partial charge in [-0.2, -0.15) is 5.10 Å².